The lowest BCUT2D eigenvalue weighted by Gasteiger charge is -2.56. The summed E-state index contributed by atoms with van der Waals surface area (Å²) >= 11 is 1.89. The molecule has 4 aliphatic carbocycles. The van der Waals surface area contributed by atoms with Crippen molar-refractivity contribution in [2.45, 2.75) is 81.7 Å². The lowest BCUT2D eigenvalue weighted by atomic mass is 9.43. The second kappa shape index (κ2) is 4.77. The molecule has 0 aromatic rings. The van der Waals surface area contributed by atoms with Crippen LogP contribution in [0.3, 0.4) is 0 Å². The van der Waals surface area contributed by atoms with E-state index in [2.05, 4.69) is 13.2 Å². The molecule has 0 bridgehead atoms. The van der Waals surface area contributed by atoms with Crippen molar-refractivity contribution in [1.29, 1.82) is 0 Å². The van der Waals surface area contributed by atoms with E-state index < -0.39 is 0 Å². The number of ether oxygens (including phenoxy) is 2. The maximum absolute atomic E-state index is 12.7. The maximum Gasteiger partial charge on any atom is 0.139 e. The van der Waals surface area contributed by atoms with Crippen molar-refractivity contribution in [3.8, 4) is 0 Å². The molecule has 6 fully saturated rings. The first-order chi connectivity index (χ1) is 12.4. The van der Waals surface area contributed by atoms with Gasteiger partial charge in [0.05, 0.1) is 12.2 Å². The number of epoxide rings is 2. The van der Waals surface area contributed by atoms with Crippen LogP contribution in [-0.4, -0.2) is 47.0 Å². The fourth-order valence-electron chi connectivity index (χ4n) is 8.24. The molecule has 5 unspecified atom stereocenters. The lowest BCUT2D eigenvalue weighted by molar-refractivity contribution is -0.139. The summed E-state index contributed by atoms with van der Waals surface area (Å²) in [4.78, 5) is 25.0. The summed E-state index contributed by atoms with van der Waals surface area (Å²) in [7, 11) is 0. The van der Waals surface area contributed by atoms with E-state index in [9.17, 15) is 9.59 Å². The minimum atomic E-state index is -0.250. The quantitative estimate of drug-likeness (QED) is 0.708. The number of thioether (sulfide) groups is 1. The van der Waals surface area contributed by atoms with Gasteiger partial charge in [-0.25, -0.2) is 0 Å². The van der Waals surface area contributed by atoms with E-state index in [0.717, 1.165) is 44.3 Å². The number of ketones is 2. The van der Waals surface area contributed by atoms with E-state index in [1.165, 1.54) is 0 Å². The first kappa shape index (κ1) is 16.6. The molecule has 0 aromatic heterocycles. The van der Waals surface area contributed by atoms with Gasteiger partial charge >= 0.3 is 0 Å². The molecule has 4 nitrogen and oxygen atoms in total. The predicted octanol–water partition coefficient (Wildman–Crippen LogP) is 3.16. The van der Waals surface area contributed by atoms with Gasteiger partial charge in [0.1, 0.15) is 22.8 Å². The average Bonchev–Trinajstić information content (AvgIpc) is 3.47. The molecule has 0 radical (unpaired) electrons. The molecule has 0 aromatic carbocycles. The molecule has 8 atom stereocenters. The smallest absolute Gasteiger partial charge is 0.139 e. The van der Waals surface area contributed by atoms with Gasteiger partial charge in [-0.15, -0.1) is 0 Å². The van der Waals surface area contributed by atoms with Gasteiger partial charge in [0.15, 0.2) is 0 Å². The fourth-order valence-corrected chi connectivity index (χ4v) is 8.80. The van der Waals surface area contributed by atoms with Crippen LogP contribution in [0.25, 0.3) is 0 Å². The third kappa shape index (κ3) is 1.57. The maximum atomic E-state index is 12.7. The van der Waals surface area contributed by atoms with Crippen molar-refractivity contribution in [2.75, 3.05) is 12.0 Å². The van der Waals surface area contributed by atoms with Crippen LogP contribution in [-0.2, 0) is 19.1 Å². The minimum Gasteiger partial charge on any atom is -0.365 e. The Kier molecular flexibility index (Phi) is 3.04. The average molecular weight is 377 g/mol. The summed E-state index contributed by atoms with van der Waals surface area (Å²) in [5.74, 6) is 2.80. The monoisotopic (exact) mass is 376 g/mol. The van der Waals surface area contributed by atoms with Crippen LogP contribution >= 0.6 is 11.8 Å². The minimum absolute atomic E-state index is 0.0118. The zero-order chi connectivity index (χ0) is 17.9. The third-order valence-corrected chi connectivity index (χ3v) is 10.0. The third-order valence-electron chi connectivity index (χ3n) is 9.41. The molecule has 2 spiro atoms. The van der Waals surface area contributed by atoms with E-state index in [0.29, 0.717) is 36.2 Å². The van der Waals surface area contributed by atoms with Crippen molar-refractivity contribution in [2.24, 2.45) is 22.7 Å². The molecule has 26 heavy (non-hydrogen) atoms. The molecular formula is C21H28O4S. The highest BCUT2D eigenvalue weighted by Crippen LogP contribution is 2.81. The van der Waals surface area contributed by atoms with E-state index >= 15 is 0 Å². The molecule has 6 aliphatic rings. The van der Waals surface area contributed by atoms with Gasteiger partial charge in [-0.2, -0.15) is 11.8 Å². The van der Waals surface area contributed by atoms with Gasteiger partial charge in [0, 0.05) is 30.1 Å². The van der Waals surface area contributed by atoms with Crippen LogP contribution in [0.4, 0.5) is 0 Å². The van der Waals surface area contributed by atoms with Gasteiger partial charge in [-0.1, -0.05) is 6.92 Å². The van der Waals surface area contributed by atoms with E-state index in [1.54, 1.807) is 0 Å². The zero-order valence-corrected chi connectivity index (χ0v) is 16.5. The van der Waals surface area contributed by atoms with Gasteiger partial charge in [0.2, 0.25) is 0 Å². The number of hydrogen-bond acceptors (Lipinski definition) is 5. The van der Waals surface area contributed by atoms with Gasteiger partial charge in [-0.05, 0) is 55.9 Å². The van der Waals surface area contributed by atoms with Crippen LogP contribution in [0.1, 0.15) is 58.3 Å². The van der Waals surface area contributed by atoms with E-state index in [-0.39, 0.29) is 34.2 Å². The van der Waals surface area contributed by atoms with Gasteiger partial charge in [0.25, 0.3) is 0 Å². The Balaban J connectivity index is 1.47. The Morgan fingerprint density at radius 1 is 1.15 bits per heavy atom. The molecule has 5 heteroatoms. The summed E-state index contributed by atoms with van der Waals surface area (Å²) in [6.45, 7) is 2.20. The summed E-state index contributed by atoms with van der Waals surface area (Å²) < 4.78 is 13.1. The Hall–Kier alpha value is -0.390. The Labute approximate surface area is 159 Å². The SMILES string of the molecule is CSCCC12CCC(=O)CC13OC3C[C@H]1[C@@H]3CCC(=O)[C@@]3(C)CC3OC312. The largest absolute Gasteiger partial charge is 0.365 e. The first-order valence-corrected chi connectivity index (χ1v) is 11.7. The molecule has 2 saturated heterocycles. The van der Waals surface area contributed by atoms with Crippen molar-refractivity contribution in [1.82, 2.24) is 0 Å². The Morgan fingerprint density at radius 2 is 2.00 bits per heavy atom. The topological polar surface area (TPSA) is 59.2 Å². The predicted molar refractivity (Wildman–Crippen MR) is 98.1 cm³/mol. The molecule has 4 saturated carbocycles. The van der Waals surface area contributed by atoms with Crippen LogP contribution in [0.15, 0.2) is 0 Å². The highest BCUT2D eigenvalue weighted by molar-refractivity contribution is 7.98. The normalized spacial score (nSPS) is 59.0. The summed E-state index contributed by atoms with van der Waals surface area (Å²) in [5.41, 5.74) is -0.567. The van der Waals surface area contributed by atoms with Crippen molar-refractivity contribution in [3.63, 3.8) is 0 Å². The molecule has 6 rings (SSSR count). The van der Waals surface area contributed by atoms with Gasteiger partial charge < -0.3 is 9.47 Å². The number of rotatable bonds is 3. The zero-order valence-electron chi connectivity index (χ0n) is 15.7. The number of hydrogen-bond donors (Lipinski definition) is 0. The van der Waals surface area contributed by atoms with Gasteiger partial charge in [-0.3, -0.25) is 9.59 Å². The molecule has 2 heterocycles. The standard InChI is InChI=1S/C21H28O4S/c1-18-11-17-21(25-17)14(13(18)3-4-15(18)23)9-16-20(24-16)10-12(22)5-6-19(20,21)7-8-26-2/h13-14,16-17H,3-11H2,1-2H3/t13-,14-,16?,17?,18-,19?,20?,21?/m0/s1. The van der Waals surface area contributed by atoms with Crippen LogP contribution in [0.2, 0.25) is 0 Å². The number of Topliss-reactive ketones (excluding diaryl/α,β-unsaturated/α-hetero) is 2. The molecular weight excluding hydrogens is 348 g/mol. The van der Waals surface area contributed by atoms with E-state index in [1.807, 2.05) is 11.8 Å². The second-order valence-electron chi connectivity index (χ2n) is 9.97. The van der Waals surface area contributed by atoms with Crippen molar-refractivity contribution >= 4 is 23.3 Å². The highest BCUT2D eigenvalue weighted by atomic mass is 32.2. The summed E-state index contributed by atoms with van der Waals surface area (Å²) in [6.07, 6.45) is 9.52. The van der Waals surface area contributed by atoms with E-state index in [4.69, 9.17) is 9.47 Å². The Morgan fingerprint density at radius 3 is 2.81 bits per heavy atom. The van der Waals surface area contributed by atoms with Crippen LogP contribution < -0.4 is 0 Å². The molecule has 0 N–H and O–H groups in total. The van der Waals surface area contributed by atoms with Crippen LogP contribution in [0.5, 0.6) is 0 Å². The molecule has 0 amide bonds. The van der Waals surface area contributed by atoms with Crippen molar-refractivity contribution in [3.05, 3.63) is 0 Å². The number of carbonyl (C=O) groups is 2. The fraction of sp³-hybridized carbons (Fsp3) is 0.905. The second-order valence-corrected chi connectivity index (χ2v) is 11.0. The molecule has 142 valence electrons. The number of fused-ring (bicyclic) bond motifs is 2. The lowest BCUT2D eigenvalue weighted by Crippen LogP contribution is -2.65. The summed E-state index contributed by atoms with van der Waals surface area (Å²) in [5, 5.41) is 0. The molecule has 2 aliphatic heterocycles. The van der Waals surface area contributed by atoms with Crippen LogP contribution in [0, 0.1) is 22.7 Å². The summed E-state index contributed by atoms with van der Waals surface area (Å²) in [6, 6.07) is 0. The Bertz CT molecular complexity index is 723. The number of carbonyl (C=O) groups excluding carboxylic acids is 2. The highest BCUT2D eigenvalue weighted by Gasteiger charge is 2.89. The first-order valence-electron chi connectivity index (χ1n) is 10.3. The van der Waals surface area contributed by atoms with Crippen molar-refractivity contribution < 1.29 is 19.1 Å².